The van der Waals surface area contributed by atoms with Crippen LogP contribution >= 0.6 is 0 Å². The van der Waals surface area contributed by atoms with Crippen molar-refractivity contribution < 1.29 is 13.9 Å². The van der Waals surface area contributed by atoms with E-state index < -0.39 is 11.9 Å². The van der Waals surface area contributed by atoms with Crippen LogP contribution in [-0.4, -0.2) is 12.2 Å². The SMILES string of the molecule is CC(O)c1c(F)cccc1N(C)Cc1cccc(F)c1. The van der Waals surface area contributed by atoms with Gasteiger partial charge in [-0.15, -0.1) is 0 Å². The summed E-state index contributed by atoms with van der Waals surface area (Å²) in [5.74, 6) is -0.741. The van der Waals surface area contributed by atoms with Gasteiger partial charge >= 0.3 is 0 Å². The van der Waals surface area contributed by atoms with E-state index in [1.165, 1.54) is 25.1 Å². The Morgan fingerprint density at radius 1 is 1.15 bits per heavy atom. The highest BCUT2D eigenvalue weighted by atomic mass is 19.1. The maximum atomic E-state index is 13.8. The summed E-state index contributed by atoms with van der Waals surface area (Å²) >= 11 is 0. The molecule has 0 fully saturated rings. The summed E-state index contributed by atoms with van der Waals surface area (Å²) in [6.45, 7) is 1.96. The molecule has 1 N–H and O–H groups in total. The summed E-state index contributed by atoms with van der Waals surface area (Å²) in [6.07, 6.45) is -0.902. The molecule has 1 unspecified atom stereocenters. The van der Waals surface area contributed by atoms with E-state index in [-0.39, 0.29) is 11.4 Å². The van der Waals surface area contributed by atoms with Crippen LogP contribution in [-0.2, 0) is 6.54 Å². The molecule has 0 saturated carbocycles. The van der Waals surface area contributed by atoms with Crippen LogP contribution < -0.4 is 4.90 Å². The molecule has 2 nitrogen and oxygen atoms in total. The standard InChI is InChI=1S/C16H17F2NO/c1-11(20)16-14(18)7-4-8-15(16)19(2)10-12-5-3-6-13(17)9-12/h3-9,11,20H,10H2,1-2H3. The van der Waals surface area contributed by atoms with Gasteiger partial charge in [0.1, 0.15) is 11.6 Å². The van der Waals surface area contributed by atoms with Gasteiger partial charge in [0.15, 0.2) is 0 Å². The second kappa shape index (κ2) is 6.01. The third-order valence-electron chi connectivity index (χ3n) is 3.17. The summed E-state index contributed by atoms with van der Waals surface area (Å²) in [7, 11) is 1.78. The number of halogens is 2. The number of nitrogens with zero attached hydrogens (tertiary/aromatic N) is 1. The maximum absolute atomic E-state index is 13.8. The van der Waals surface area contributed by atoms with E-state index in [0.29, 0.717) is 12.2 Å². The van der Waals surface area contributed by atoms with Crippen molar-refractivity contribution in [2.45, 2.75) is 19.6 Å². The topological polar surface area (TPSA) is 23.5 Å². The average Bonchev–Trinajstić information content (AvgIpc) is 2.37. The minimum Gasteiger partial charge on any atom is -0.389 e. The van der Waals surface area contributed by atoms with Gasteiger partial charge in [0.05, 0.1) is 6.10 Å². The minimum absolute atomic E-state index is 0.256. The largest absolute Gasteiger partial charge is 0.389 e. The van der Waals surface area contributed by atoms with Crippen LogP contribution in [0.2, 0.25) is 0 Å². The van der Waals surface area contributed by atoms with E-state index in [0.717, 1.165) is 5.56 Å². The molecule has 1 atom stereocenters. The Morgan fingerprint density at radius 3 is 2.50 bits per heavy atom. The number of anilines is 1. The highest BCUT2D eigenvalue weighted by Gasteiger charge is 2.16. The van der Waals surface area contributed by atoms with Crippen LogP contribution in [0.4, 0.5) is 14.5 Å². The summed E-state index contributed by atoms with van der Waals surface area (Å²) in [5, 5.41) is 9.72. The first kappa shape index (κ1) is 14.5. The second-order valence-electron chi connectivity index (χ2n) is 4.83. The van der Waals surface area contributed by atoms with E-state index >= 15 is 0 Å². The van der Waals surface area contributed by atoms with Gasteiger partial charge < -0.3 is 10.0 Å². The summed E-state index contributed by atoms with van der Waals surface area (Å²) < 4.78 is 27.0. The molecule has 0 saturated heterocycles. The first-order valence-electron chi connectivity index (χ1n) is 6.41. The Balaban J connectivity index is 2.30. The lowest BCUT2D eigenvalue weighted by Crippen LogP contribution is -2.19. The number of aliphatic hydroxyl groups excluding tert-OH is 1. The van der Waals surface area contributed by atoms with Gasteiger partial charge in [0, 0.05) is 24.8 Å². The Kier molecular flexibility index (Phi) is 4.35. The fraction of sp³-hybridized carbons (Fsp3) is 0.250. The molecule has 20 heavy (non-hydrogen) atoms. The van der Waals surface area contributed by atoms with E-state index in [1.807, 2.05) is 0 Å². The molecule has 0 spiro atoms. The molecule has 0 radical (unpaired) electrons. The summed E-state index contributed by atoms with van der Waals surface area (Å²) in [4.78, 5) is 1.79. The van der Waals surface area contributed by atoms with Crippen LogP contribution in [0.3, 0.4) is 0 Å². The van der Waals surface area contributed by atoms with Crippen LogP contribution in [0, 0.1) is 11.6 Å². The molecule has 0 aromatic heterocycles. The fourth-order valence-corrected chi connectivity index (χ4v) is 2.27. The van der Waals surface area contributed by atoms with E-state index in [2.05, 4.69) is 0 Å². The Morgan fingerprint density at radius 2 is 1.85 bits per heavy atom. The number of benzene rings is 2. The molecule has 0 amide bonds. The lowest BCUT2D eigenvalue weighted by molar-refractivity contribution is 0.194. The molecule has 2 aromatic rings. The van der Waals surface area contributed by atoms with Crippen molar-refractivity contribution in [3.05, 3.63) is 65.2 Å². The van der Waals surface area contributed by atoms with Crippen molar-refractivity contribution in [1.82, 2.24) is 0 Å². The Hall–Kier alpha value is -1.94. The fourth-order valence-electron chi connectivity index (χ4n) is 2.27. The molecule has 0 aliphatic carbocycles. The first-order valence-corrected chi connectivity index (χ1v) is 6.41. The molecule has 2 aromatic carbocycles. The van der Waals surface area contributed by atoms with Crippen molar-refractivity contribution in [2.24, 2.45) is 0 Å². The van der Waals surface area contributed by atoms with Crippen molar-refractivity contribution in [3.63, 3.8) is 0 Å². The lowest BCUT2D eigenvalue weighted by atomic mass is 10.1. The number of hydrogen-bond acceptors (Lipinski definition) is 2. The van der Waals surface area contributed by atoms with Gasteiger partial charge in [-0.3, -0.25) is 0 Å². The molecule has 2 rings (SSSR count). The first-order chi connectivity index (χ1) is 9.49. The van der Waals surface area contributed by atoms with Gasteiger partial charge in [0.25, 0.3) is 0 Å². The minimum atomic E-state index is -0.902. The number of rotatable bonds is 4. The van der Waals surface area contributed by atoms with Crippen molar-refractivity contribution in [2.75, 3.05) is 11.9 Å². The maximum Gasteiger partial charge on any atom is 0.131 e. The van der Waals surface area contributed by atoms with Gasteiger partial charge in [-0.05, 0) is 36.8 Å². The molecule has 106 valence electrons. The molecule has 0 aliphatic rings. The molecule has 0 bridgehead atoms. The molecule has 0 aliphatic heterocycles. The molecular formula is C16H17F2NO. The third-order valence-corrected chi connectivity index (χ3v) is 3.17. The number of aliphatic hydroxyl groups is 1. The molecule has 0 heterocycles. The number of hydrogen-bond donors (Lipinski definition) is 1. The zero-order valence-corrected chi connectivity index (χ0v) is 11.5. The van der Waals surface area contributed by atoms with E-state index in [1.54, 1.807) is 36.2 Å². The smallest absolute Gasteiger partial charge is 0.131 e. The van der Waals surface area contributed by atoms with Crippen molar-refractivity contribution >= 4 is 5.69 Å². The van der Waals surface area contributed by atoms with Gasteiger partial charge in [0.2, 0.25) is 0 Å². The zero-order chi connectivity index (χ0) is 14.7. The molecule has 4 heteroatoms. The summed E-state index contributed by atoms with van der Waals surface area (Å²) in [5.41, 5.74) is 1.64. The second-order valence-corrected chi connectivity index (χ2v) is 4.83. The normalized spacial score (nSPS) is 12.2. The molecular weight excluding hydrogens is 260 g/mol. The summed E-state index contributed by atoms with van der Waals surface area (Å²) in [6, 6.07) is 10.9. The van der Waals surface area contributed by atoms with E-state index in [9.17, 15) is 13.9 Å². The third kappa shape index (κ3) is 3.14. The van der Waals surface area contributed by atoms with E-state index in [4.69, 9.17) is 0 Å². The van der Waals surface area contributed by atoms with Crippen LogP contribution in [0.15, 0.2) is 42.5 Å². The van der Waals surface area contributed by atoms with Crippen molar-refractivity contribution in [3.8, 4) is 0 Å². The average molecular weight is 277 g/mol. The van der Waals surface area contributed by atoms with Gasteiger partial charge in [-0.25, -0.2) is 8.78 Å². The lowest BCUT2D eigenvalue weighted by Gasteiger charge is -2.24. The van der Waals surface area contributed by atoms with Crippen LogP contribution in [0.5, 0.6) is 0 Å². The van der Waals surface area contributed by atoms with Crippen molar-refractivity contribution in [1.29, 1.82) is 0 Å². The van der Waals surface area contributed by atoms with Crippen LogP contribution in [0.25, 0.3) is 0 Å². The highest BCUT2D eigenvalue weighted by Crippen LogP contribution is 2.29. The predicted molar refractivity (Wildman–Crippen MR) is 75.5 cm³/mol. The predicted octanol–water partition coefficient (Wildman–Crippen LogP) is 3.65. The monoisotopic (exact) mass is 277 g/mol. The zero-order valence-electron chi connectivity index (χ0n) is 11.5. The Bertz CT molecular complexity index is 599. The quantitative estimate of drug-likeness (QED) is 0.922. The highest BCUT2D eigenvalue weighted by molar-refractivity contribution is 5.55. The van der Waals surface area contributed by atoms with Crippen LogP contribution in [0.1, 0.15) is 24.2 Å². The Labute approximate surface area is 117 Å². The van der Waals surface area contributed by atoms with Gasteiger partial charge in [-0.2, -0.15) is 0 Å². The van der Waals surface area contributed by atoms with Gasteiger partial charge in [-0.1, -0.05) is 18.2 Å².